The molecule has 2 unspecified atom stereocenters. The van der Waals surface area contributed by atoms with Gasteiger partial charge in [-0.25, -0.2) is 0 Å². The summed E-state index contributed by atoms with van der Waals surface area (Å²) in [5, 5.41) is 3.72. The van der Waals surface area contributed by atoms with Gasteiger partial charge in [0.2, 0.25) is 0 Å². The average Bonchev–Trinajstić information content (AvgIpc) is 2.26. The molecule has 0 aliphatic heterocycles. The van der Waals surface area contributed by atoms with E-state index in [0.29, 0.717) is 0 Å². The van der Waals surface area contributed by atoms with Crippen molar-refractivity contribution in [1.82, 2.24) is 5.32 Å². The molecule has 96 valence electrons. The molecule has 1 saturated carbocycles. The Hall–Kier alpha value is -0.0800. The van der Waals surface area contributed by atoms with Crippen LogP contribution in [-0.2, 0) is 4.74 Å². The highest BCUT2D eigenvalue weighted by Crippen LogP contribution is 2.28. The average molecular weight is 227 g/mol. The zero-order valence-electron chi connectivity index (χ0n) is 11.3. The molecule has 0 radical (unpaired) electrons. The predicted molar refractivity (Wildman–Crippen MR) is 69.7 cm³/mol. The van der Waals surface area contributed by atoms with Crippen molar-refractivity contribution < 1.29 is 4.74 Å². The summed E-state index contributed by atoms with van der Waals surface area (Å²) < 4.78 is 5.49. The lowest BCUT2D eigenvalue weighted by atomic mass is 9.79. The summed E-state index contributed by atoms with van der Waals surface area (Å²) in [6.45, 7) is 9.88. The predicted octanol–water partition coefficient (Wildman–Crippen LogP) is 3.22. The van der Waals surface area contributed by atoms with Crippen LogP contribution in [0.15, 0.2) is 0 Å². The first kappa shape index (κ1) is 14.0. The van der Waals surface area contributed by atoms with Gasteiger partial charge < -0.3 is 10.1 Å². The number of hydrogen-bond acceptors (Lipinski definition) is 2. The first-order valence-corrected chi connectivity index (χ1v) is 7.06. The van der Waals surface area contributed by atoms with E-state index >= 15 is 0 Å². The molecule has 0 saturated heterocycles. The molecule has 1 aliphatic rings. The van der Waals surface area contributed by atoms with E-state index in [0.717, 1.165) is 50.5 Å². The van der Waals surface area contributed by atoms with E-state index in [1.54, 1.807) is 0 Å². The standard InChI is InChI=1S/C14H29NO/c1-4-10-16-11-6-9-15-14-12(2)7-5-8-13(14)3/h12-15H,4-11H2,1-3H3. The molecular formula is C14H29NO. The highest BCUT2D eigenvalue weighted by Gasteiger charge is 2.26. The quantitative estimate of drug-likeness (QED) is 0.674. The van der Waals surface area contributed by atoms with Crippen LogP contribution in [0.2, 0.25) is 0 Å². The third-order valence-electron chi connectivity index (χ3n) is 3.74. The molecule has 0 spiro atoms. The zero-order valence-corrected chi connectivity index (χ0v) is 11.3. The molecule has 0 aromatic rings. The maximum atomic E-state index is 5.49. The fourth-order valence-electron chi connectivity index (χ4n) is 2.77. The van der Waals surface area contributed by atoms with E-state index < -0.39 is 0 Å². The van der Waals surface area contributed by atoms with Crippen LogP contribution in [0.4, 0.5) is 0 Å². The summed E-state index contributed by atoms with van der Waals surface area (Å²) in [6, 6.07) is 0.736. The van der Waals surface area contributed by atoms with E-state index in [2.05, 4.69) is 26.1 Å². The molecule has 16 heavy (non-hydrogen) atoms. The van der Waals surface area contributed by atoms with Crippen LogP contribution in [0.25, 0.3) is 0 Å². The molecule has 0 aromatic carbocycles. The van der Waals surface area contributed by atoms with Crippen LogP contribution in [0.3, 0.4) is 0 Å². The summed E-state index contributed by atoms with van der Waals surface area (Å²) in [5.74, 6) is 1.70. The van der Waals surface area contributed by atoms with Crippen molar-refractivity contribution in [2.24, 2.45) is 11.8 Å². The zero-order chi connectivity index (χ0) is 11.8. The van der Waals surface area contributed by atoms with Gasteiger partial charge >= 0.3 is 0 Å². The molecule has 1 aliphatic carbocycles. The number of nitrogens with one attached hydrogen (secondary N) is 1. The van der Waals surface area contributed by atoms with Gasteiger partial charge in [0.15, 0.2) is 0 Å². The minimum atomic E-state index is 0.736. The van der Waals surface area contributed by atoms with Crippen LogP contribution in [0, 0.1) is 11.8 Å². The maximum absolute atomic E-state index is 5.49. The van der Waals surface area contributed by atoms with Crippen LogP contribution >= 0.6 is 0 Å². The van der Waals surface area contributed by atoms with E-state index in [1.807, 2.05) is 0 Å². The fourth-order valence-corrected chi connectivity index (χ4v) is 2.77. The van der Waals surface area contributed by atoms with Crippen molar-refractivity contribution in [2.75, 3.05) is 19.8 Å². The Morgan fingerprint density at radius 2 is 1.81 bits per heavy atom. The number of hydrogen-bond donors (Lipinski definition) is 1. The third-order valence-corrected chi connectivity index (χ3v) is 3.74. The third kappa shape index (κ3) is 4.84. The lowest BCUT2D eigenvalue weighted by molar-refractivity contribution is 0.128. The summed E-state index contributed by atoms with van der Waals surface area (Å²) >= 11 is 0. The maximum Gasteiger partial charge on any atom is 0.0478 e. The topological polar surface area (TPSA) is 21.3 Å². The second-order valence-corrected chi connectivity index (χ2v) is 5.33. The van der Waals surface area contributed by atoms with Gasteiger partial charge in [-0.3, -0.25) is 0 Å². The second-order valence-electron chi connectivity index (χ2n) is 5.33. The van der Waals surface area contributed by atoms with Crippen molar-refractivity contribution in [3.05, 3.63) is 0 Å². The summed E-state index contributed by atoms with van der Waals surface area (Å²) in [5.41, 5.74) is 0. The van der Waals surface area contributed by atoms with Gasteiger partial charge in [-0.1, -0.05) is 27.2 Å². The first-order chi connectivity index (χ1) is 7.75. The number of rotatable bonds is 7. The lowest BCUT2D eigenvalue weighted by Gasteiger charge is -2.35. The summed E-state index contributed by atoms with van der Waals surface area (Å²) in [4.78, 5) is 0. The molecule has 0 amide bonds. The van der Waals surface area contributed by atoms with Crippen LogP contribution < -0.4 is 5.32 Å². The molecule has 2 heteroatoms. The number of ether oxygens (including phenoxy) is 1. The summed E-state index contributed by atoms with van der Waals surface area (Å²) in [6.07, 6.45) is 6.49. The molecule has 1 rings (SSSR count). The largest absolute Gasteiger partial charge is 0.381 e. The van der Waals surface area contributed by atoms with Crippen molar-refractivity contribution in [3.63, 3.8) is 0 Å². The van der Waals surface area contributed by atoms with E-state index in [9.17, 15) is 0 Å². The van der Waals surface area contributed by atoms with Gasteiger partial charge in [0, 0.05) is 19.3 Å². The molecule has 0 aromatic heterocycles. The van der Waals surface area contributed by atoms with Gasteiger partial charge in [0.05, 0.1) is 0 Å². The molecule has 0 bridgehead atoms. The van der Waals surface area contributed by atoms with E-state index in [4.69, 9.17) is 4.74 Å². The minimum Gasteiger partial charge on any atom is -0.381 e. The van der Waals surface area contributed by atoms with Crippen molar-refractivity contribution >= 4 is 0 Å². The van der Waals surface area contributed by atoms with E-state index in [-0.39, 0.29) is 0 Å². The normalized spacial score (nSPS) is 30.6. The SMILES string of the molecule is CCCOCCCNC1C(C)CCCC1C. The van der Waals surface area contributed by atoms with Crippen molar-refractivity contribution in [1.29, 1.82) is 0 Å². The Morgan fingerprint density at radius 1 is 1.12 bits per heavy atom. The Labute approximate surface area is 101 Å². The first-order valence-electron chi connectivity index (χ1n) is 7.06. The minimum absolute atomic E-state index is 0.736. The molecule has 2 nitrogen and oxygen atoms in total. The van der Waals surface area contributed by atoms with E-state index in [1.165, 1.54) is 19.3 Å². The Bertz CT molecular complexity index is 162. The lowest BCUT2D eigenvalue weighted by Crippen LogP contribution is -2.43. The second kappa shape index (κ2) is 8.08. The van der Waals surface area contributed by atoms with Crippen molar-refractivity contribution in [2.45, 2.75) is 58.9 Å². The van der Waals surface area contributed by atoms with Gasteiger partial charge in [0.25, 0.3) is 0 Å². The van der Waals surface area contributed by atoms with Crippen LogP contribution in [-0.4, -0.2) is 25.8 Å². The molecule has 1 N–H and O–H groups in total. The Kier molecular flexibility index (Phi) is 7.06. The molecule has 1 fully saturated rings. The molecule has 2 atom stereocenters. The molecule has 0 heterocycles. The highest BCUT2D eigenvalue weighted by atomic mass is 16.5. The highest BCUT2D eigenvalue weighted by molar-refractivity contribution is 4.83. The van der Waals surface area contributed by atoms with Gasteiger partial charge in [0.1, 0.15) is 0 Å². The molecular weight excluding hydrogens is 198 g/mol. The van der Waals surface area contributed by atoms with Gasteiger partial charge in [-0.2, -0.15) is 0 Å². The van der Waals surface area contributed by atoms with Crippen LogP contribution in [0.1, 0.15) is 52.9 Å². The van der Waals surface area contributed by atoms with Gasteiger partial charge in [-0.05, 0) is 44.1 Å². The smallest absolute Gasteiger partial charge is 0.0478 e. The van der Waals surface area contributed by atoms with Gasteiger partial charge in [-0.15, -0.1) is 0 Å². The fraction of sp³-hybridized carbons (Fsp3) is 1.00. The van der Waals surface area contributed by atoms with Crippen molar-refractivity contribution in [3.8, 4) is 0 Å². The summed E-state index contributed by atoms with van der Waals surface area (Å²) in [7, 11) is 0. The Balaban J connectivity index is 2.06. The Morgan fingerprint density at radius 3 is 2.44 bits per heavy atom. The van der Waals surface area contributed by atoms with Crippen LogP contribution in [0.5, 0.6) is 0 Å². The monoisotopic (exact) mass is 227 g/mol.